The van der Waals surface area contributed by atoms with E-state index in [1.165, 1.54) is 4.90 Å². The van der Waals surface area contributed by atoms with E-state index in [1.807, 2.05) is 0 Å². The highest BCUT2D eigenvalue weighted by atomic mass is 16.5. The molecule has 2 unspecified atom stereocenters. The van der Waals surface area contributed by atoms with Gasteiger partial charge in [0, 0.05) is 19.2 Å². The Balaban J connectivity index is 1.91. The molecule has 94 valence electrons. The number of ether oxygens (including phenoxy) is 1. The quantitative estimate of drug-likeness (QED) is 0.585. The Labute approximate surface area is 100 Å². The van der Waals surface area contributed by atoms with Crippen LogP contribution in [0.4, 0.5) is 4.79 Å². The van der Waals surface area contributed by atoms with Crippen molar-refractivity contribution in [1.29, 1.82) is 0 Å². The summed E-state index contributed by atoms with van der Waals surface area (Å²) < 4.78 is 4.87. The number of carbonyl (C=O) groups is 2. The second kappa shape index (κ2) is 4.77. The van der Waals surface area contributed by atoms with Crippen LogP contribution in [0.5, 0.6) is 0 Å². The van der Waals surface area contributed by atoms with Gasteiger partial charge in [-0.2, -0.15) is 0 Å². The van der Waals surface area contributed by atoms with Crippen LogP contribution in [0.15, 0.2) is 11.6 Å². The van der Waals surface area contributed by atoms with Crippen molar-refractivity contribution in [3.05, 3.63) is 11.6 Å². The summed E-state index contributed by atoms with van der Waals surface area (Å²) >= 11 is 0. The third-order valence-corrected chi connectivity index (χ3v) is 3.50. The third kappa shape index (κ3) is 2.60. The summed E-state index contributed by atoms with van der Waals surface area (Å²) in [6, 6.07) is 0. The molecule has 2 rings (SSSR count). The average Bonchev–Trinajstić information content (AvgIpc) is 2.74. The Hall–Kier alpha value is -1.52. The summed E-state index contributed by atoms with van der Waals surface area (Å²) in [5.74, 6) is 0.483. The largest absolute Gasteiger partial charge is 0.465 e. The van der Waals surface area contributed by atoms with Gasteiger partial charge in [-0.15, -0.1) is 0 Å². The van der Waals surface area contributed by atoms with E-state index < -0.39 is 6.09 Å². The molecule has 5 heteroatoms. The van der Waals surface area contributed by atoms with E-state index in [0.717, 1.165) is 18.4 Å². The molecule has 0 bridgehead atoms. The molecule has 1 heterocycles. The maximum atomic E-state index is 11.3. The smallest absolute Gasteiger partial charge is 0.407 e. The lowest BCUT2D eigenvalue weighted by atomic mass is 10.0. The van der Waals surface area contributed by atoms with Crippen LogP contribution >= 0.6 is 0 Å². The van der Waals surface area contributed by atoms with Crippen molar-refractivity contribution in [1.82, 2.24) is 4.90 Å². The molecular weight excluding hydrogens is 222 g/mol. The lowest BCUT2D eigenvalue weighted by Crippen LogP contribution is -2.27. The van der Waals surface area contributed by atoms with Crippen molar-refractivity contribution in [2.45, 2.75) is 19.8 Å². The number of nitrogens with zero attached hydrogens (tertiary/aromatic N) is 1. The number of carboxylic acid groups (broad SMARTS) is 1. The molecule has 2 atom stereocenters. The highest BCUT2D eigenvalue weighted by molar-refractivity contribution is 5.82. The molecule has 5 nitrogen and oxygen atoms in total. The third-order valence-electron chi connectivity index (χ3n) is 3.50. The van der Waals surface area contributed by atoms with Gasteiger partial charge < -0.3 is 14.7 Å². The van der Waals surface area contributed by atoms with Gasteiger partial charge in [-0.25, -0.2) is 9.59 Å². The lowest BCUT2D eigenvalue weighted by Gasteiger charge is -2.12. The van der Waals surface area contributed by atoms with Gasteiger partial charge in [0.2, 0.25) is 0 Å². The zero-order valence-electron chi connectivity index (χ0n) is 9.89. The molecule has 0 aromatic carbocycles. The number of amides is 1. The van der Waals surface area contributed by atoms with Crippen molar-refractivity contribution in [3.8, 4) is 0 Å². The van der Waals surface area contributed by atoms with Crippen molar-refractivity contribution in [2.75, 3.05) is 19.7 Å². The first-order valence-corrected chi connectivity index (χ1v) is 5.94. The molecule has 1 saturated carbocycles. The second-order valence-electron chi connectivity index (χ2n) is 4.67. The van der Waals surface area contributed by atoms with Crippen LogP contribution < -0.4 is 0 Å². The van der Waals surface area contributed by atoms with E-state index in [1.54, 1.807) is 13.0 Å². The molecule has 1 saturated heterocycles. The standard InChI is InChI=1S/C12H17NO4/c1-2-17-11(14)5-8-3-9-6-13(12(15)16)7-10(9)4-8/h5,9-10H,2-4,6-7H2,1H3,(H,15,16). The first-order valence-electron chi connectivity index (χ1n) is 5.94. The van der Waals surface area contributed by atoms with Gasteiger partial charge in [-0.1, -0.05) is 5.57 Å². The summed E-state index contributed by atoms with van der Waals surface area (Å²) in [5.41, 5.74) is 1.10. The number of carbonyl (C=O) groups excluding carboxylic acids is 1. The predicted molar refractivity (Wildman–Crippen MR) is 60.5 cm³/mol. The van der Waals surface area contributed by atoms with Gasteiger partial charge in [0.25, 0.3) is 0 Å². The summed E-state index contributed by atoms with van der Waals surface area (Å²) in [4.78, 5) is 23.6. The monoisotopic (exact) mass is 239 g/mol. The van der Waals surface area contributed by atoms with E-state index in [0.29, 0.717) is 31.5 Å². The molecule has 0 radical (unpaired) electrons. The number of rotatable bonds is 2. The Kier molecular flexibility index (Phi) is 3.36. The molecule has 2 fully saturated rings. The number of hydrogen-bond donors (Lipinski definition) is 1. The van der Waals surface area contributed by atoms with Crippen molar-refractivity contribution >= 4 is 12.1 Å². The van der Waals surface area contributed by atoms with E-state index in [-0.39, 0.29) is 5.97 Å². The number of likely N-dealkylation sites (tertiary alicyclic amines) is 1. The minimum atomic E-state index is -0.838. The predicted octanol–water partition coefficient (Wildman–Crippen LogP) is 1.50. The SMILES string of the molecule is CCOC(=O)C=C1CC2CN(C(=O)O)CC2C1. The van der Waals surface area contributed by atoms with Crippen molar-refractivity contribution < 1.29 is 19.4 Å². The molecule has 0 spiro atoms. The zero-order chi connectivity index (χ0) is 12.4. The second-order valence-corrected chi connectivity index (χ2v) is 4.67. The van der Waals surface area contributed by atoms with Crippen LogP contribution in [0.25, 0.3) is 0 Å². The molecule has 2 aliphatic rings. The molecule has 1 aliphatic heterocycles. The highest BCUT2D eigenvalue weighted by Crippen LogP contribution is 2.41. The summed E-state index contributed by atoms with van der Waals surface area (Å²) in [6.45, 7) is 3.37. The van der Waals surface area contributed by atoms with Gasteiger partial charge in [0.15, 0.2) is 0 Å². The summed E-state index contributed by atoms with van der Waals surface area (Å²) in [5, 5.41) is 8.89. The molecular formula is C12H17NO4. The van der Waals surface area contributed by atoms with Gasteiger partial charge in [-0.05, 0) is 31.6 Å². The van der Waals surface area contributed by atoms with Crippen LogP contribution in [-0.4, -0.2) is 41.8 Å². The highest BCUT2D eigenvalue weighted by Gasteiger charge is 2.40. The van der Waals surface area contributed by atoms with E-state index >= 15 is 0 Å². The fraction of sp³-hybridized carbons (Fsp3) is 0.667. The Bertz CT molecular complexity index is 348. The average molecular weight is 239 g/mol. The maximum Gasteiger partial charge on any atom is 0.407 e. The van der Waals surface area contributed by atoms with Crippen LogP contribution in [0.3, 0.4) is 0 Å². The van der Waals surface area contributed by atoms with Crippen LogP contribution in [0.1, 0.15) is 19.8 Å². The first kappa shape index (κ1) is 12.0. The number of esters is 1. The normalized spacial score (nSPS) is 26.9. The minimum Gasteiger partial charge on any atom is -0.465 e. The topological polar surface area (TPSA) is 66.8 Å². The van der Waals surface area contributed by atoms with Crippen LogP contribution in [-0.2, 0) is 9.53 Å². The zero-order valence-corrected chi connectivity index (χ0v) is 9.89. The van der Waals surface area contributed by atoms with Crippen molar-refractivity contribution in [2.24, 2.45) is 11.8 Å². The fourth-order valence-electron chi connectivity index (χ4n) is 2.78. The molecule has 0 aromatic rings. The summed E-state index contributed by atoms with van der Waals surface area (Å²) in [6.07, 6.45) is 2.39. The number of fused-ring (bicyclic) bond motifs is 1. The lowest BCUT2D eigenvalue weighted by molar-refractivity contribution is -0.137. The Morgan fingerprint density at radius 3 is 2.47 bits per heavy atom. The van der Waals surface area contributed by atoms with E-state index in [9.17, 15) is 9.59 Å². The fourth-order valence-corrected chi connectivity index (χ4v) is 2.78. The van der Waals surface area contributed by atoms with Gasteiger partial charge in [-0.3, -0.25) is 0 Å². The molecule has 1 amide bonds. The maximum absolute atomic E-state index is 11.3. The molecule has 1 aliphatic carbocycles. The van der Waals surface area contributed by atoms with E-state index in [2.05, 4.69) is 0 Å². The number of hydrogen-bond acceptors (Lipinski definition) is 3. The molecule has 0 aromatic heterocycles. The van der Waals surface area contributed by atoms with Crippen molar-refractivity contribution in [3.63, 3.8) is 0 Å². The Morgan fingerprint density at radius 1 is 1.41 bits per heavy atom. The van der Waals surface area contributed by atoms with Gasteiger partial charge >= 0.3 is 12.1 Å². The van der Waals surface area contributed by atoms with E-state index in [4.69, 9.17) is 9.84 Å². The number of allylic oxidation sites excluding steroid dienone is 1. The van der Waals surface area contributed by atoms with Gasteiger partial charge in [0.1, 0.15) is 0 Å². The molecule has 17 heavy (non-hydrogen) atoms. The minimum absolute atomic E-state index is 0.280. The molecule has 1 N–H and O–H groups in total. The van der Waals surface area contributed by atoms with Crippen LogP contribution in [0, 0.1) is 11.8 Å². The summed E-state index contributed by atoms with van der Waals surface area (Å²) in [7, 11) is 0. The Morgan fingerprint density at radius 2 is 2.00 bits per heavy atom. The first-order chi connectivity index (χ1) is 8.10. The van der Waals surface area contributed by atoms with Crippen LogP contribution in [0.2, 0.25) is 0 Å². The van der Waals surface area contributed by atoms with Gasteiger partial charge in [0.05, 0.1) is 6.61 Å².